The minimum absolute atomic E-state index is 0.102. The second kappa shape index (κ2) is 6.16. The van der Waals surface area contributed by atoms with Crippen molar-refractivity contribution >= 4 is 0 Å². The van der Waals surface area contributed by atoms with E-state index in [0.29, 0.717) is 0 Å². The van der Waals surface area contributed by atoms with E-state index in [-0.39, 0.29) is 11.9 Å². The fraction of sp³-hybridized carbons (Fsp3) is 0.294. The molecule has 1 N–H and O–H groups in total. The molecule has 2 aromatic carbocycles. The zero-order chi connectivity index (χ0) is 13.8. The molecule has 2 aromatic rings. The second-order valence-electron chi connectivity index (χ2n) is 5.20. The normalized spacial score (nSPS) is 19.9. The number of hydrogen-bond donors (Lipinski definition) is 1. The SMILES string of the molecule is Fc1ccccc1C1CNCCN1Cc1ccccc1. The van der Waals surface area contributed by atoms with Gasteiger partial charge in [0.15, 0.2) is 0 Å². The highest BCUT2D eigenvalue weighted by Gasteiger charge is 2.25. The van der Waals surface area contributed by atoms with Crippen molar-refractivity contribution in [3.05, 3.63) is 71.5 Å². The number of hydrogen-bond acceptors (Lipinski definition) is 2. The van der Waals surface area contributed by atoms with Gasteiger partial charge in [0, 0.05) is 31.7 Å². The molecule has 20 heavy (non-hydrogen) atoms. The minimum atomic E-state index is -0.112. The number of nitrogens with one attached hydrogen (secondary N) is 1. The van der Waals surface area contributed by atoms with Gasteiger partial charge in [0.1, 0.15) is 5.82 Å². The molecule has 104 valence electrons. The summed E-state index contributed by atoms with van der Waals surface area (Å²) in [5.41, 5.74) is 2.06. The fourth-order valence-corrected chi connectivity index (χ4v) is 2.81. The summed E-state index contributed by atoms with van der Waals surface area (Å²) < 4.78 is 14.0. The van der Waals surface area contributed by atoms with Crippen molar-refractivity contribution in [3.63, 3.8) is 0 Å². The van der Waals surface area contributed by atoms with Crippen LogP contribution in [0.3, 0.4) is 0 Å². The molecule has 2 nitrogen and oxygen atoms in total. The highest BCUT2D eigenvalue weighted by atomic mass is 19.1. The van der Waals surface area contributed by atoms with Gasteiger partial charge in [-0.15, -0.1) is 0 Å². The average molecular weight is 270 g/mol. The van der Waals surface area contributed by atoms with Crippen LogP contribution in [-0.2, 0) is 6.54 Å². The Balaban J connectivity index is 1.83. The first kappa shape index (κ1) is 13.3. The van der Waals surface area contributed by atoms with E-state index in [1.165, 1.54) is 5.56 Å². The standard InChI is InChI=1S/C17H19FN2/c18-16-9-5-4-8-15(16)17-12-19-10-11-20(17)13-14-6-2-1-3-7-14/h1-9,17,19H,10-13H2. The van der Waals surface area contributed by atoms with Crippen molar-refractivity contribution in [1.29, 1.82) is 0 Å². The maximum absolute atomic E-state index is 14.0. The predicted molar refractivity (Wildman–Crippen MR) is 78.9 cm³/mol. The lowest BCUT2D eigenvalue weighted by Crippen LogP contribution is -2.45. The maximum atomic E-state index is 14.0. The molecule has 0 aromatic heterocycles. The molecule has 3 rings (SSSR count). The van der Waals surface area contributed by atoms with E-state index in [1.54, 1.807) is 12.1 Å². The van der Waals surface area contributed by atoms with Crippen molar-refractivity contribution in [2.45, 2.75) is 12.6 Å². The zero-order valence-electron chi connectivity index (χ0n) is 11.4. The molecule has 0 saturated carbocycles. The summed E-state index contributed by atoms with van der Waals surface area (Å²) >= 11 is 0. The van der Waals surface area contributed by atoms with Gasteiger partial charge in [0.25, 0.3) is 0 Å². The third kappa shape index (κ3) is 2.89. The van der Waals surface area contributed by atoms with Gasteiger partial charge in [-0.05, 0) is 11.6 Å². The molecule has 1 saturated heterocycles. The summed E-state index contributed by atoms with van der Waals surface area (Å²) in [4.78, 5) is 2.35. The Hall–Kier alpha value is -1.71. The smallest absolute Gasteiger partial charge is 0.128 e. The Morgan fingerprint density at radius 1 is 1.05 bits per heavy atom. The summed E-state index contributed by atoms with van der Waals surface area (Å²) in [6.45, 7) is 3.56. The molecule has 1 fully saturated rings. The van der Waals surface area contributed by atoms with Crippen LogP contribution in [0.1, 0.15) is 17.2 Å². The van der Waals surface area contributed by atoms with Crippen LogP contribution in [0.5, 0.6) is 0 Å². The van der Waals surface area contributed by atoms with Crippen LogP contribution in [0, 0.1) is 5.82 Å². The van der Waals surface area contributed by atoms with E-state index in [2.05, 4.69) is 34.5 Å². The maximum Gasteiger partial charge on any atom is 0.128 e. The fourth-order valence-electron chi connectivity index (χ4n) is 2.81. The van der Waals surface area contributed by atoms with E-state index in [4.69, 9.17) is 0 Å². The predicted octanol–water partition coefficient (Wildman–Crippen LogP) is 2.97. The molecule has 1 heterocycles. The number of halogens is 1. The second-order valence-corrected chi connectivity index (χ2v) is 5.20. The Bertz CT molecular complexity index is 556. The van der Waals surface area contributed by atoms with E-state index >= 15 is 0 Å². The molecule has 1 aliphatic heterocycles. The highest BCUT2D eigenvalue weighted by Crippen LogP contribution is 2.26. The number of nitrogens with zero attached hydrogens (tertiary/aromatic N) is 1. The van der Waals surface area contributed by atoms with Crippen LogP contribution in [0.25, 0.3) is 0 Å². The lowest BCUT2D eigenvalue weighted by molar-refractivity contribution is 0.150. The van der Waals surface area contributed by atoms with Crippen LogP contribution < -0.4 is 5.32 Å². The van der Waals surface area contributed by atoms with E-state index in [0.717, 1.165) is 31.7 Å². The first-order chi connectivity index (χ1) is 9.84. The molecular weight excluding hydrogens is 251 g/mol. The average Bonchev–Trinajstić information content (AvgIpc) is 2.50. The molecule has 3 heteroatoms. The van der Waals surface area contributed by atoms with Gasteiger partial charge in [-0.2, -0.15) is 0 Å². The molecule has 0 amide bonds. The van der Waals surface area contributed by atoms with E-state index in [9.17, 15) is 4.39 Å². The van der Waals surface area contributed by atoms with Crippen LogP contribution >= 0.6 is 0 Å². The highest BCUT2D eigenvalue weighted by molar-refractivity contribution is 5.23. The third-order valence-corrected chi connectivity index (χ3v) is 3.85. The van der Waals surface area contributed by atoms with Gasteiger partial charge in [-0.1, -0.05) is 48.5 Å². The van der Waals surface area contributed by atoms with Gasteiger partial charge < -0.3 is 5.32 Å². The van der Waals surface area contributed by atoms with Crippen LogP contribution in [0.15, 0.2) is 54.6 Å². The van der Waals surface area contributed by atoms with Gasteiger partial charge >= 0.3 is 0 Å². The summed E-state index contributed by atoms with van der Waals surface area (Å²) in [7, 11) is 0. The summed E-state index contributed by atoms with van der Waals surface area (Å²) in [6.07, 6.45) is 0. The monoisotopic (exact) mass is 270 g/mol. The quantitative estimate of drug-likeness (QED) is 0.922. The van der Waals surface area contributed by atoms with Crippen molar-refractivity contribution in [2.24, 2.45) is 0 Å². The van der Waals surface area contributed by atoms with Gasteiger partial charge in [-0.25, -0.2) is 4.39 Å². The van der Waals surface area contributed by atoms with Crippen LogP contribution in [-0.4, -0.2) is 24.5 Å². The van der Waals surface area contributed by atoms with Crippen LogP contribution in [0.2, 0.25) is 0 Å². The van der Waals surface area contributed by atoms with Crippen molar-refractivity contribution < 1.29 is 4.39 Å². The molecule has 1 aliphatic rings. The largest absolute Gasteiger partial charge is 0.314 e. The summed E-state index contributed by atoms with van der Waals surface area (Å²) in [6, 6.07) is 17.6. The molecular formula is C17H19FN2. The van der Waals surface area contributed by atoms with Crippen molar-refractivity contribution in [1.82, 2.24) is 10.2 Å². The molecule has 0 bridgehead atoms. The first-order valence-electron chi connectivity index (χ1n) is 7.08. The Morgan fingerprint density at radius 3 is 2.60 bits per heavy atom. The van der Waals surface area contributed by atoms with Gasteiger partial charge in [-0.3, -0.25) is 4.90 Å². The molecule has 0 radical (unpaired) electrons. The third-order valence-electron chi connectivity index (χ3n) is 3.85. The van der Waals surface area contributed by atoms with E-state index < -0.39 is 0 Å². The minimum Gasteiger partial charge on any atom is -0.314 e. The summed E-state index contributed by atoms with van der Waals surface area (Å²) in [5, 5.41) is 3.37. The zero-order valence-corrected chi connectivity index (χ0v) is 11.4. The van der Waals surface area contributed by atoms with Crippen molar-refractivity contribution in [2.75, 3.05) is 19.6 Å². The first-order valence-corrected chi connectivity index (χ1v) is 7.08. The van der Waals surface area contributed by atoms with Crippen molar-refractivity contribution in [3.8, 4) is 0 Å². The topological polar surface area (TPSA) is 15.3 Å². The lowest BCUT2D eigenvalue weighted by atomic mass is 10.0. The van der Waals surface area contributed by atoms with E-state index in [1.807, 2.05) is 18.2 Å². The number of benzene rings is 2. The lowest BCUT2D eigenvalue weighted by Gasteiger charge is -2.36. The van der Waals surface area contributed by atoms with Gasteiger partial charge in [0.05, 0.1) is 6.04 Å². The van der Waals surface area contributed by atoms with Crippen LogP contribution in [0.4, 0.5) is 4.39 Å². The molecule has 1 atom stereocenters. The molecule has 1 unspecified atom stereocenters. The Morgan fingerprint density at radius 2 is 1.80 bits per heavy atom. The number of rotatable bonds is 3. The Labute approximate surface area is 119 Å². The number of piperazine rings is 1. The summed E-state index contributed by atoms with van der Waals surface area (Å²) in [5.74, 6) is -0.112. The molecule has 0 aliphatic carbocycles. The molecule has 0 spiro atoms. The van der Waals surface area contributed by atoms with Gasteiger partial charge in [0.2, 0.25) is 0 Å². The Kier molecular flexibility index (Phi) is 4.09.